The molecule has 51 heavy (non-hydrogen) atoms. The van der Waals surface area contributed by atoms with Gasteiger partial charge in [0.15, 0.2) is 5.78 Å². The predicted octanol–water partition coefficient (Wildman–Crippen LogP) is 12.3. The molecule has 273 valence electrons. The molecule has 2 aromatic heterocycles. The molecule has 1 radical (unpaired) electrons. The fraction of sp³-hybridized carbons (Fsp3) is 0.432. The van der Waals surface area contributed by atoms with Crippen molar-refractivity contribution in [2.24, 2.45) is 17.3 Å². The van der Waals surface area contributed by atoms with Crippen molar-refractivity contribution < 1.29 is 30.0 Å². The van der Waals surface area contributed by atoms with Crippen molar-refractivity contribution in [1.29, 1.82) is 5.26 Å². The van der Waals surface area contributed by atoms with Crippen molar-refractivity contribution in [2.45, 2.75) is 107 Å². The Morgan fingerprint density at radius 2 is 1.61 bits per heavy atom. The number of thiophene rings is 1. The van der Waals surface area contributed by atoms with Crippen LogP contribution in [0.2, 0.25) is 19.6 Å². The molecule has 5 rings (SSSR count). The average Bonchev–Trinajstić information content (AvgIpc) is 3.46. The van der Waals surface area contributed by atoms with Gasteiger partial charge in [0.25, 0.3) is 0 Å². The van der Waals surface area contributed by atoms with Crippen molar-refractivity contribution in [3.8, 4) is 17.3 Å². The Balaban J connectivity index is 0.000000374. The first-order valence-corrected chi connectivity index (χ1v) is 22.5. The molecule has 0 aliphatic heterocycles. The van der Waals surface area contributed by atoms with Crippen molar-refractivity contribution in [3.63, 3.8) is 0 Å². The van der Waals surface area contributed by atoms with Gasteiger partial charge in [-0.1, -0.05) is 109 Å². The molecule has 0 unspecified atom stereocenters. The first kappa shape index (κ1) is 42.3. The zero-order chi connectivity index (χ0) is 37.0. The van der Waals surface area contributed by atoms with Gasteiger partial charge in [-0.15, -0.1) is 40.1 Å². The Morgan fingerprint density at radius 1 is 0.980 bits per heavy atom. The van der Waals surface area contributed by atoms with E-state index in [2.05, 4.69) is 102 Å². The molecular formula is C44H55IrN2O2SSi-. The number of nitriles is 1. The number of aliphatic hydroxyl groups is 1. The number of fused-ring (bicyclic) bond motifs is 4. The van der Waals surface area contributed by atoms with E-state index in [1.807, 2.05) is 27.7 Å². The summed E-state index contributed by atoms with van der Waals surface area (Å²) in [4.78, 5) is 16.6. The third-order valence-electron chi connectivity index (χ3n) is 9.79. The van der Waals surface area contributed by atoms with Crippen LogP contribution in [0.3, 0.4) is 0 Å². The van der Waals surface area contributed by atoms with Crippen LogP contribution in [-0.2, 0) is 31.3 Å². The van der Waals surface area contributed by atoms with Crippen LogP contribution < -0.4 is 5.19 Å². The summed E-state index contributed by atoms with van der Waals surface area (Å²) in [7, 11) is -1.62. The average molecular weight is 896 g/mol. The molecule has 5 aromatic rings. The Morgan fingerprint density at radius 3 is 2.18 bits per heavy atom. The third kappa shape index (κ3) is 9.65. The number of hydrogen-bond acceptors (Lipinski definition) is 5. The zero-order valence-corrected chi connectivity index (χ0v) is 36.6. The van der Waals surface area contributed by atoms with Gasteiger partial charge in [-0.3, -0.25) is 9.78 Å². The van der Waals surface area contributed by atoms with E-state index in [4.69, 9.17) is 4.98 Å². The fourth-order valence-corrected chi connectivity index (χ4v) is 9.77. The summed E-state index contributed by atoms with van der Waals surface area (Å²) in [6.45, 7) is 24.3. The molecule has 0 spiro atoms. The van der Waals surface area contributed by atoms with Crippen LogP contribution in [0.5, 0.6) is 0 Å². The molecule has 0 fully saturated rings. The van der Waals surface area contributed by atoms with Gasteiger partial charge in [-0.05, 0) is 55.6 Å². The molecule has 4 nitrogen and oxygen atoms in total. The number of allylic oxidation sites excluding steroid dienone is 2. The summed E-state index contributed by atoms with van der Waals surface area (Å²) in [5.74, 6) is 0.547. The number of rotatable bonds is 10. The van der Waals surface area contributed by atoms with E-state index in [1.165, 1.54) is 32.5 Å². The first-order chi connectivity index (χ1) is 23.6. The number of ketones is 1. The molecule has 0 amide bonds. The second-order valence-corrected chi connectivity index (χ2v) is 21.9. The number of aromatic nitrogens is 1. The van der Waals surface area contributed by atoms with Crippen LogP contribution in [0.25, 0.3) is 42.2 Å². The van der Waals surface area contributed by atoms with E-state index < -0.39 is 8.07 Å². The van der Waals surface area contributed by atoms with E-state index in [9.17, 15) is 15.2 Å². The molecule has 7 heteroatoms. The number of aryl methyl sites for hydroxylation is 1. The summed E-state index contributed by atoms with van der Waals surface area (Å²) in [5, 5.41) is 25.7. The van der Waals surface area contributed by atoms with Crippen LogP contribution in [-0.4, -0.2) is 23.9 Å². The van der Waals surface area contributed by atoms with Crippen molar-refractivity contribution >= 4 is 61.3 Å². The van der Waals surface area contributed by atoms with E-state index >= 15 is 0 Å². The Labute approximate surface area is 324 Å². The number of nitrogens with zero attached hydrogens (tertiary/aromatic N) is 2. The monoisotopic (exact) mass is 896 g/mol. The summed E-state index contributed by atoms with van der Waals surface area (Å²) in [6.07, 6.45) is 7.68. The molecule has 0 atom stereocenters. The Bertz CT molecular complexity index is 2070. The van der Waals surface area contributed by atoms with Crippen LogP contribution in [0, 0.1) is 41.6 Å². The maximum atomic E-state index is 11.7. The van der Waals surface area contributed by atoms with Gasteiger partial charge >= 0.3 is 0 Å². The summed E-state index contributed by atoms with van der Waals surface area (Å²) in [5.41, 5.74) is 5.51. The molecule has 3 aromatic carbocycles. The van der Waals surface area contributed by atoms with Crippen molar-refractivity contribution in [1.82, 2.24) is 4.98 Å². The molecular weight excluding hydrogens is 841 g/mol. The Hall–Kier alpha value is -3.14. The number of benzene rings is 3. The molecule has 0 bridgehead atoms. The minimum absolute atomic E-state index is 0. The number of carbonyl (C=O) groups excluding carboxylic acids is 1. The van der Waals surface area contributed by atoms with Gasteiger partial charge in [-0.25, -0.2) is 0 Å². The fourth-order valence-electron chi connectivity index (χ4n) is 6.82. The largest absolute Gasteiger partial charge is 0.512 e. The molecule has 0 aliphatic carbocycles. The maximum Gasteiger partial charge on any atom is 0.162 e. The second-order valence-electron chi connectivity index (χ2n) is 15.8. The van der Waals surface area contributed by atoms with E-state index in [0.29, 0.717) is 5.56 Å². The minimum Gasteiger partial charge on any atom is -0.512 e. The quantitative estimate of drug-likeness (QED) is 0.0656. The minimum atomic E-state index is -1.62. The normalized spacial score (nSPS) is 12.3. The number of hydrogen-bond donors (Lipinski definition) is 1. The van der Waals surface area contributed by atoms with Crippen molar-refractivity contribution in [3.05, 3.63) is 83.3 Å². The SMILES string of the molecule is CCC(CC)C(=O)/C=C(\O)C(CC)CC.Cc1c(CC(C)(C)C)ccc2c1sc1c(-c3[c-]c4ccccc4c([Si](C)(C)C)c3)ncc(C#N)c12.[Ir]. The third-order valence-corrected chi connectivity index (χ3v) is 13.1. The molecule has 0 aliphatic rings. The smallest absolute Gasteiger partial charge is 0.162 e. The number of carbonyl (C=O) groups is 1. The van der Waals surface area contributed by atoms with Gasteiger partial charge < -0.3 is 5.11 Å². The van der Waals surface area contributed by atoms with Gasteiger partial charge in [-0.2, -0.15) is 5.26 Å². The standard InChI is InChI=1S/C31H31N2SSi.C13H24O2.Ir/c1-19-21(16-31(2,3)4)12-13-25-27-23(17-32)18-33-28(30(27)34-29(19)25)22-14-20-10-8-9-11-24(20)26(15-22)35(5,6)7;1-5-10(6-2)12(14)9-13(15)11(7-3)8-4;/h8-13,15,18H,16H2,1-7H3;9-11,14H,5-8H2,1-4H3;/q-1;;/b;12-9-;. The van der Waals surface area contributed by atoms with E-state index in [1.54, 1.807) is 17.5 Å². The van der Waals surface area contributed by atoms with Crippen LogP contribution in [0.1, 0.15) is 90.8 Å². The van der Waals surface area contributed by atoms with E-state index in [0.717, 1.165) is 64.2 Å². The molecule has 1 N–H and O–H groups in total. The van der Waals surface area contributed by atoms with Gasteiger partial charge in [0.2, 0.25) is 0 Å². The van der Waals surface area contributed by atoms with E-state index in [-0.39, 0.29) is 48.9 Å². The second kappa shape index (κ2) is 17.6. The van der Waals surface area contributed by atoms with Crippen LogP contribution in [0.15, 0.2) is 60.5 Å². The summed E-state index contributed by atoms with van der Waals surface area (Å²) < 4.78 is 2.35. The molecule has 0 saturated carbocycles. The molecule has 2 heterocycles. The van der Waals surface area contributed by atoms with Gasteiger partial charge in [0, 0.05) is 70.1 Å². The summed E-state index contributed by atoms with van der Waals surface area (Å²) in [6, 6.07) is 21.4. The van der Waals surface area contributed by atoms with Gasteiger partial charge in [0.05, 0.1) is 19.4 Å². The molecule has 0 saturated heterocycles. The summed E-state index contributed by atoms with van der Waals surface area (Å²) >= 11 is 1.78. The van der Waals surface area contributed by atoms with Crippen LogP contribution >= 0.6 is 11.3 Å². The first-order valence-electron chi connectivity index (χ1n) is 18.2. The zero-order valence-electron chi connectivity index (χ0n) is 32.4. The van der Waals surface area contributed by atoms with Gasteiger partial charge in [0.1, 0.15) is 6.07 Å². The van der Waals surface area contributed by atoms with Crippen molar-refractivity contribution in [2.75, 3.05) is 0 Å². The number of pyridine rings is 1. The maximum absolute atomic E-state index is 11.7. The Kier molecular flexibility index (Phi) is 14.6. The number of aliphatic hydroxyl groups excluding tert-OH is 1. The topological polar surface area (TPSA) is 74.0 Å². The van der Waals surface area contributed by atoms with Crippen LogP contribution in [0.4, 0.5) is 0 Å². The predicted molar refractivity (Wildman–Crippen MR) is 218 cm³/mol.